The van der Waals surface area contributed by atoms with Crippen LogP contribution in [-0.2, 0) is 0 Å². The molecule has 0 spiro atoms. The fraction of sp³-hybridized carbons (Fsp3) is 0.571. The van der Waals surface area contributed by atoms with E-state index in [1.165, 1.54) is 6.42 Å². The summed E-state index contributed by atoms with van der Waals surface area (Å²) in [6.45, 7) is 2.79. The first-order valence-electron chi connectivity index (χ1n) is 6.81. The molecule has 0 amide bonds. The Morgan fingerprint density at radius 2 is 2.42 bits per heavy atom. The minimum Gasteiger partial charge on any atom is -0.388 e. The fourth-order valence-corrected chi connectivity index (χ4v) is 3.77. The lowest BCUT2D eigenvalue weighted by Gasteiger charge is -2.35. The Balaban J connectivity index is 1.73. The molecule has 2 aromatic rings. The van der Waals surface area contributed by atoms with Gasteiger partial charge in [-0.15, -0.1) is 11.3 Å². The summed E-state index contributed by atoms with van der Waals surface area (Å²) in [5.74, 6) is 1.44. The van der Waals surface area contributed by atoms with Crippen LogP contribution in [0.3, 0.4) is 0 Å². The third-order valence-electron chi connectivity index (χ3n) is 3.90. The van der Waals surface area contributed by atoms with Crippen molar-refractivity contribution in [2.45, 2.75) is 38.2 Å². The van der Waals surface area contributed by atoms with E-state index in [0.717, 1.165) is 35.3 Å². The second kappa shape index (κ2) is 5.06. The predicted molar refractivity (Wildman–Crippen MR) is 78.5 cm³/mol. The first-order chi connectivity index (χ1) is 9.16. The summed E-state index contributed by atoms with van der Waals surface area (Å²) >= 11 is 1.63. The monoisotopic (exact) mass is 277 g/mol. The van der Waals surface area contributed by atoms with E-state index in [1.54, 1.807) is 17.7 Å². The first-order valence-corrected chi connectivity index (χ1v) is 7.69. The average molecular weight is 277 g/mol. The smallest absolute Gasteiger partial charge is 0.147 e. The summed E-state index contributed by atoms with van der Waals surface area (Å²) in [4.78, 5) is 8.51. The number of aliphatic hydroxyl groups is 1. The maximum Gasteiger partial charge on any atom is 0.147 e. The summed E-state index contributed by atoms with van der Waals surface area (Å²) < 4.78 is 1.06. The van der Waals surface area contributed by atoms with E-state index in [-0.39, 0.29) is 0 Å². The van der Waals surface area contributed by atoms with Gasteiger partial charge < -0.3 is 10.4 Å². The van der Waals surface area contributed by atoms with Crippen LogP contribution in [0.2, 0.25) is 0 Å². The molecule has 2 N–H and O–H groups in total. The zero-order valence-corrected chi connectivity index (χ0v) is 11.9. The number of thiophene rings is 1. The van der Waals surface area contributed by atoms with Crippen LogP contribution in [0, 0.1) is 5.92 Å². The van der Waals surface area contributed by atoms with Crippen LogP contribution in [0.5, 0.6) is 0 Å². The van der Waals surface area contributed by atoms with Gasteiger partial charge in [0.1, 0.15) is 12.1 Å². The average Bonchev–Trinajstić information content (AvgIpc) is 2.85. The predicted octanol–water partition coefficient (Wildman–Crippen LogP) is 3.04. The largest absolute Gasteiger partial charge is 0.388 e. The van der Waals surface area contributed by atoms with E-state index >= 15 is 0 Å². The second-order valence-electron chi connectivity index (χ2n) is 5.64. The summed E-state index contributed by atoms with van der Waals surface area (Å²) in [6, 6.07) is 1.99. The van der Waals surface area contributed by atoms with Crippen LogP contribution >= 0.6 is 11.3 Å². The highest BCUT2D eigenvalue weighted by Gasteiger charge is 2.32. The number of hydrogen-bond donors (Lipinski definition) is 2. The van der Waals surface area contributed by atoms with Gasteiger partial charge in [-0.2, -0.15) is 0 Å². The molecule has 0 bridgehead atoms. The van der Waals surface area contributed by atoms with E-state index in [0.29, 0.717) is 12.5 Å². The fourth-order valence-electron chi connectivity index (χ4n) is 2.96. The highest BCUT2D eigenvalue weighted by molar-refractivity contribution is 7.17. The minimum atomic E-state index is -0.591. The van der Waals surface area contributed by atoms with Crippen LogP contribution < -0.4 is 5.32 Å². The van der Waals surface area contributed by atoms with Gasteiger partial charge in [0.15, 0.2) is 0 Å². The number of nitrogens with one attached hydrogen (secondary N) is 1. The Morgan fingerprint density at radius 1 is 1.53 bits per heavy atom. The Labute approximate surface area is 116 Å². The molecule has 1 saturated carbocycles. The van der Waals surface area contributed by atoms with E-state index in [1.807, 2.05) is 11.4 Å². The van der Waals surface area contributed by atoms with Crippen molar-refractivity contribution in [3.63, 3.8) is 0 Å². The highest BCUT2D eigenvalue weighted by Crippen LogP contribution is 2.33. The van der Waals surface area contributed by atoms with Crippen molar-refractivity contribution in [1.82, 2.24) is 9.97 Å². The molecule has 1 fully saturated rings. The van der Waals surface area contributed by atoms with E-state index < -0.39 is 5.60 Å². The van der Waals surface area contributed by atoms with E-state index in [4.69, 9.17) is 0 Å². The summed E-state index contributed by atoms with van der Waals surface area (Å²) in [5.41, 5.74) is 0.373. The molecule has 2 heterocycles. The Hall–Kier alpha value is -1.20. The topological polar surface area (TPSA) is 58.0 Å². The molecule has 2 aromatic heterocycles. The summed E-state index contributed by atoms with van der Waals surface area (Å²) in [6.07, 6.45) is 5.66. The molecule has 0 saturated heterocycles. The van der Waals surface area contributed by atoms with Gasteiger partial charge in [-0.25, -0.2) is 9.97 Å². The van der Waals surface area contributed by atoms with Crippen molar-refractivity contribution in [3.05, 3.63) is 17.8 Å². The van der Waals surface area contributed by atoms with Crippen LogP contribution in [0.1, 0.15) is 32.6 Å². The van der Waals surface area contributed by atoms with Gasteiger partial charge in [0.05, 0.1) is 15.8 Å². The maximum absolute atomic E-state index is 10.6. The SMILES string of the molecule is CC1CCCC(O)(CNc2ncnc3ccsc23)C1. The number of rotatable bonds is 3. The normalized spacial score (nSPS) is 27.6. The number of nitrogens with zero attached hydrogens (tertiary/aromatic N) is 2. The van der Waals surface area contributed by atoms with Gasteiger partial charge in [0.2, 0.25) is 0 Å². The van der Waals surface area contributed by atoms with Crippen LogP contribution in [0.15, 0.2) is 17.8 Å². The van der Waals surface area contributed by atoms with Gasteiger partial charge in [-0.3, -0.25) is 0 Å². The van der Waals surface area contributed by atoms with Gasteiger partial charge in [0, 0.05) is 6.54 Å². The molecule has 4 nitrogen and oxygen atoms in total. The molecule has 3 rings (SSSR count). The summed E-state index contributed by atoms with van der Waals surface area (Å²) in [7, 11) is 0. The quantitative estimate of drug-likeness (QED) is 0.905. The molecule has 0 radical (unpaired) electrons. The molecule has 2 atom stereocenters. The second-order valence-corrected chi connectivity index (χ2v) is 6.55. The highest BCUT2D eigenvalue weighted by atomic mass is 32.1. The third-order valence-corrected chi connectivity index (χ3v) is 4.81. The van der Waals surface area contributed by atoms with E-state index in [9.17, 15) is 5.11 Å². The van der Waals surface area contributed by atoms with Gasteiger partial charge in [-0.05, 0) is 30.2 Å². The molecule has 1 aliphatic carbocycles. The molecule has 19 heavy (non-hydrogen) atoms. The molecular formula is C14H19N3OS. The summed E-state index contributed by atoms with van der Waals surface area (Å²) in [5, 5.41) is 16.0. The molecule has 1 aliphatic rings. The van der Waals surface area contributed by atoms with Gasteiger partial charge >= 0.3 is 0 Å². The van der Waals surface area contributed by atoms with Crippen molar-refractivity contribution in [2.24, 2.45) is 5.92 Å². The number of aromatic nitrogens is 2. The molecule has 5 heteroatoms. The van der Waals surface area contributed by atoms with Crippen LogP contribution in [0.25, 0.3) is 10.2 Å². The maximum atomic E-state index is 10.6. The van der Waals surface area contributed by atoms with Gasteiger partial charge in [-0.1, -0.05) is 19.8 Å². The lowest BCUT2D eigenvalue weighted by Crippen LogP contribution is -2.41. The molecule has 0 aliphatic heterocycles. The molecule has 2 unspecified atom stereocenters. The molecule has 0 aromatic carbocycles. The van der Waals surface area contributed by atoms with Crippen molar-refractivity contribution in [1.29, 1.82) is 0 Å². The lowest BCUT2D eigenvalue weighted by atomic mass is 9.79. The Bertz CT molecular complexity index is 571. The third kappa shape index (κ3) is 2.72. The zero-order valence-electron chi connectivity index (χ0n) is 11.1. The molecule has 102 valence electrons. The van der Waals surface area contributed by atoms with E-state index in [2.05, 4.69) is 22.2 Å². The number of anilines is 1. The Kier molecular flexibility index (Phi) is 3.41. The standard InChI is InChI=1S/C14H19N3OS/c1-10-3-2-5-14(18,7-10)8-15-13-12-11(4-6-19-12)16-9-17-13/h4,6,9-10,18H,2-3,5,7-8H2,1H3,(H,15,16,17). The first kappa shape index (κ1) is 12.8. The van der Waals surface area contributed by atoms with Crippen molar-refractivity contribution in [3.8, 4) is 0 Å². The molecular weight excluding hydrogens is 258 g/mol. The minimum absolute atomic E-state index is 0.571. The van der Waals surface area contributed by atoms with Gasteiger partial charge in [0.25, 0.3) is 0 Å². The lowest BCUT2D eigenvalue weighted by molar-refractivity contribution is -0.000800. The van der Waals surface area contributed by atoms with Crippen LogP contribution in [0.4, 0.5) is 5.82 Å². The number of fused-ring (bicyclic) bond motifs is 1. The zero-order chi connectivity index (χ0) is 13.3. The van der Waals surface area contributed by atoms with Crippen molar-refractivity contribution < 1.29 is 5.11 Å². The van der Waals surface area contributed by atoms with Crippen molar-refractivity contribution >= 4 is 27.4 Å². The van der Waals surface area contributed by atoms with Crippen molar-refractivity contribution in [2.75, 3.05) is 11.9 Å². The number of hydrogen-bond acceptors (Lipinski definition) is 5. The van der Waals surface area contributed by atoms with Crippen LogP contribution in [-0.4, -0.2) is 27.2 Å². The Morgan fingerprint density at radius 3 is 3.26 bits per heavy atom.